The van der Waals surface area contributed by atoms with E-state index in [1.54, 1.807) is 11.3 Å². The Morgan fingerprint density at radius 3 is 2.41 bits per heavy atom. The molecule has 1 heterocycles. The standard InChI is InChI=1S/C15H13NS/c1-10-11(2)17-15(16-10)14-8-7-12-5-3-4-6-13(12)9-14/h3-9H,1-2H3. The lowest BCUT2D eigenvalue weighted by molar-refractivity contribution is 1.23. The first kappa shape index (κ1) is 10.5. The summed E-state index contributed by atoms with van der Waals surface area (Å²) < 4.78 is 0. The normalized spacial score (nSPS) is 10.9. The van der Waals surface area contributed by atoms with E-state index in [0.29, 0.717) is 0 Å². The Kier molecular flexibility index (Phi) is 2.45. The quantitative estimate of drug-likeness (QED) is 0.605. The molecule has 0 aliphatic rings. The van der Waals surface area contributed by atoms with E-state index in [4.69, 9.17) is 0 Å². The van der Waals surface area contributed by atoms with Crippen molar-refractivity contribution >= 4 is 22.1 Å². The van der Waals surface area contributed by atoms with Crippen LogP contribution in [0.2, 0.25) is 0 Å². The van der Waals surface area contributed by atoms with Crippen molar-refractivity contribution in [2.24, 2.45) is 0 Å². The fourth-order valence-electron chi connectivity index (χ4n) is 1.92. The molecule has 0 amide bonds. The zero-order valence-corrected chi connectivity index (χ0v) is 10.7. The minimum Gasteiger partial charge on any atom is -0.241 e. The largest absolute Gasteiger partial charge is 0.241 e. The molecule has 0 fully saturated rings. The first-order valence-corrected chi connectivity index (χ1v) is 6.49. The third-order valence-corrected chi connectivity index (χ3v) is 4.15. The molecule has 0 aliphatic heterocycles. The minimum absolute atomic E-state index is 1.12. The lowest BCUT2D eigenvalue weighted by atomic mass is 10.1. The van der Waals surface area contributed by atoms with E-state index < -0.39 is 0 Å². The van der Waals surface area contributed by atoms with E-state index >= 15 is 0 Å². The molecule has 0 saturated carbocycles. The highest BCUT2D eigenvalue weighted by Gasteiger charge is 2.06. The Bertz CT molecular complexity index is 663. The van der Waals surface area contributed by atoms with Crippen LogP contribution in [0.1, 0.15) is 10.6 Å². The molecule has 0 spiro atoms. The first-order chi connectivity index (χ1) is 8.24. The number of nitrogens with zero attached hydrogens (tertiary/aromatic N) is 1. The van der Waals surface area contributed by atoms with Crippen molar-refractivity contribution in [3.8, 4) is 10.6 Å². The molecule has 3 aromatic rings. The lowest BCUT2D eigenvalue weighted by Crippen LogP contribution is -1.78. The van der Waals surface area contributed by atoms with E-state index in [-0.39, 0.29) is 0 Å². The second-order valence-corrected chi connectivity index (χ2v) is 5.43. The van der Waals surface area contributed by atoms with Crippen LogP contribution in [0, 0.1) is 13.8 Å². The third-order valence-electron chi connectivity index (χ3n) is 3.02. The van der Waals surface area contributed by atoms with E-state index in [1.165, 1.54) is 21.2 Å². The van der Waals surface area contributed by atoms with Gasteiger partial charge >= 0.3 is 0 Å². The maximum Gasteiger partial charge on any atom is 0.123 e. The van der Waals surface area contributed by atoms with Gasteiger partial charge < -0.3 is 0 Å². The Morgan fingerprint density at radius 1 is 0.941 bits per heavy atom. The van der Waals surface area contributed by atoms with Crippen LogP contribution in [0.5, 0.6) is 0 Å². The molecule has 0 N–H and O–H groups in total. The topological polar surface area (TPSA) is 12.9 Å². The predicted octanol–water partition coefficient (Wildman–Crippen LogP) is 4.58. The summed E-state index contributed by atoms with van der Waals surface area (Å²) >= 11 is 1.76. The van der Waals surface area contributed by atoms with Crippen molar-refractivity contribution in [3.63, 3.8) is 0 Å². The maximum atomic E-state index is 4.61. The molecule has 1 aromatic heterocycles. The number of aryl methyl sites for hydroxylation is 2. The highest BCUT2D eigenvalue weighted by Crippen LogP contribution is 2.29. The fourth-order valence-corrected chi connectivity index (χ4v) is 2.83. The molecule has 3 rings (SSSR count). The molecule has 2 heteroatoms. The van der Waals surface area contributed by atoms with Gasteiger partial charge in [-0.05, 0) is 30.7 Å². The SMILES string of the molecule is Cc1nc(-c2ccc3ccccc3c2)sc1C. The highest BCUT2D eigenvalue weighted by molar-refractivity contribution is 7.15. The van der Waals surface area contributed by atoms with Crippen molar-refractivity contribution in [2.75, 3.05) is 0 Å². The van der Waals surface area contributed by atoms with Gasteiger partial charge in [0, 0.05) is 10.4 Å². The molecule has 0 aliphatic carbocycles. The predicted molar refractivity (Wildman–Crippen MR) is 74.5 cm³/mol. The average Bonchev–Trinajstić information content (AvgIpc) is 2.69. The Morgan fingerprint density at radius 2 is 1.71 bits per heavy atom. The number of hydrogen-bond donors (Lipinski definition) is 0. The van der Waals surface area contributed by atoms with Crippen LogP contribution in [-0.4, -0.2) is 4.98 Å². The number of thiazole rings is 1. The Labute approximate surface area is 105 Å². The van der Waals surface area contributed by atoms with E-state index in [0.717, 1.165) is 10.7 Å². The third kappa shape index (κ3) is 1.85. The van der Waals surface area contributed by atoms with Gasteiger partial charge in [0.05, 0.1) is 5.69 Å². The van der Waals surface area contributed by atoms with Crippen LogP contribution in [0.25, 0.3) is 21.3 Å². The Hall–Kier alpha value is -1.67. The van der Waals surface area contributed by atoms with Gasteiger partial charge in [0.2, 0.25) is 0 Å². The van der Waals surface area contributed by atoms with E-state index in [1.807, 2.05) is 0 Å². The van der Waals surface area contributed by atoms with Gasteiger partial charge in [-0.3, -0.25) is 0 Å². The van der Waals surface area contributed by atoms with Crippen molar-refractivity contribution in [1.82, 2.24) is 4.98 Å². The first-order valence-electron chi connectivity index (χ1n) is 5.67. The average molecular weight is 239 g/mol. The summed E-state index contributed by atoms with van der Waals surface area (Å²) in [6.07, 6.45) is 0. The highest BCUT2D eigenvalue weighted by atomic mass is 32.1. The molecule has 84 valence electrons. The molecule has 0 unspecified atom stereocenters. The van der Waals surface area contributed by atoms with Gasteiger partial charge in [0.15, 0.2) is 0 Å². The number of fused-ring (bicyclic) bond motifs is 1. The maximum absolute atomic E-state index is 4.61. The van der Waals surface area contributed by atoms with Gasteiger partial charge in [-0.1, -0.05) is 36.4 Å². The van der Waals surface area contributed by atoms with Crippen LogP contribution in [0.15, 0.2) is 42.5 Å². The second-order valence-electron chi connectivity index (χ2n) is 4.22. The summed E-state index contributed by atoms with van der Waals surface area (Å²) in [4.78, 5) is 5.91. The van der Waals surface area contributed by atoms with Crippen LogP contribution in [0.3, 0.4) is 0 Å². The minimum atomic E-state index is 1.12. The van der Waals surface area contributed by atoms with Gasteiger partial charge in [0.1, 0.15) is 5.01 Å². The van der Waals surface area contributed by atoms with Gasteiger partial charge in [-0.2, -0.15) is 0 Å². The summed E-state index contributed by atoms with van der Waals surface area (Å²) in [5, 5.41) is 3.67. The molecule has 2 aromatic carbocycles. The van der Waals surface area contributed by atoms with E-state index in [9.17, 15) is 0 Å². The molecule has 17 heavy (non-hydrogen) atoms. The van der Waals surface area contributed by atoms with E-state index in [2.05, 4.69) is 61.3 Å². The van der Waals surface area contributed by atoms with Crippen LogP contribution in [-0.2, 0) is 0 Å². The molecule has 1 nitrogen and oxygen atoms in total. The summed E-state index contributed by atoms with van der Waals surface area (Å²) in [6.45, 7) is 4.19. The van der Waals surface area contributed by atoms with Crippen molar-refractivity contribution in [1.29, 1.82) is 0 Å². The smallest absolute Gasteiger partial charge is 0.123 e. The molecule has 0 atom stereocenters. The molecule has 0 saturated heterocycles. The van der Waals surface area contributed by atoms with Crippen LogP contribution < -0.4 is 0 Å². The Balaban J connectivity index is 2.17. The summed E-state index contributed by atoms with van der Waals surface area (Å²) in [6, 6.07) is 15.0. The van der Waals surface area contributed by atoms with Crippen LogP contribution >= 0.6 is 11.3 Å². The number of rotatable bonds is 1. The van der Waals surface area contributed by atoms with Gasteiger partial charge in [-0.25, -0.2) is 4.98 Å². The zero-order valence-electron chi connectivity index (χ0n) is 9.90. The molecular weight excluding hydrogens is 226 g/mol. The number of aromatic nitrogens is 1. The molecular formula is C15H13NS. The van der Waals surface area contributed by atoms with Crippen molar-refractivity contribution in [3.05, 3.63) is 53.0 Å². The number of hydrogen-bond acceptors (Lipinski definition) is 2. The van der Waals surface area contributed by atoms with Crippen LogP contribution in [0.4, 0.5) is 0 Å². The van der Waals surface area contributed by atoms with Crippen molar-refractivity contribution < 1.29 is 0 Å². The molecule has 0 bridgehead atoms. The monoisotopic (exact) mass is 239 g/mol. The summed E-state index contributed by atoms with van der Waals surface area (Å²) in [5.41, 5.74) is 2.35. The van der Waals surface area contributed by atoms with Gasteiger partial charge in [0.25, 0.3) is 0 Å². The number of benzene rings is 2. The van der Waals surface area contributed by atoms with Gasteiger partial charge in [-0.15, -0.1) is 11.3 Å². The molecule has 0 radical (unpaired) electrons. The fraction of sp³-hybridized carbons (Fsp3) is 0.133. The lowest BCUT2D eigenvalue weighted by Gasteiger charge is -2.00. The van der Waals surface area contributed by atoms with Crippen molar-refractivity contribution in [2.45, 2.75) is 13.8 Å². The second kappa shape index (κ2) is 3.97. The summed E-state index contributed by atoms with van der Waals surface area (Å²) in [5.74, 6) is 0. The zero-order chi connectivity index (χ0) is 11.8. The summed E-state index contributed by atoms with van der Waals surface area (Å²) in [7, 11) is 0.